The predicted octanol–water partition coefficient (Wildman–Crippen LogP) is 1.55. The van der Waals surface area contributed by atoms with E-state index in [0.717, 1.165) is 96.6 Å². The summed E-state index contributed by atoms with van der Waals surface area (Å²) in [5.41, 5.74) is 0. The third-order valence-electron chi connectivity index (χ3n) is 7.39. The minimum Gasteiger partial charge on any atom is -0.355 e. The molecule has 8 nitrogen and oxygen atoms in total. The molecule has 2 amide bonds. The van der Waals surface area contributed by atoms with Crippen molar-refractivity contribution >= 4 is 41.8 Å². The number of nitrogens with zero attached hydrogens (tertiary/aromatic N) is 3. The predicted molar refractivity (Wildman–Crippen MR) is 137 cm³/mol. The van der Waals surface area contributed by atoms with Crippen LogP contribution in [0.1, 0.15) is 57.8 Å². The SMILES string of the molecule is CN=C(NCCN1CCN(C(=O)C2CCC2)CC1)NC1CCCC(C(=O)NC2CC2)C1.I. The first-order chi connectivity index (χ1) is 15.1. The summed E-state index contributed by atoms with van der Waals surface area (Å²) >= 11 is 0. The van der Waals surface area contributed by atoms with Crippen LogP contribution in [-0.4, -0.2) is 86.0 Å². The summed E-state index contributed by atoms with van der Waals surface area (Å²) in [4.78, 5) is 33.7. The van der Waals surface area contributed by atoms with Crippen LogP contribution in [-0.2, 0) is 9.59 Å². The Bertz CT molecular complexity index is 659. The molecule has 0 aromatic carbocycles. The van der Waals surface area contributed by atoms with Crippen LogP contribution < -0.4 is 16.0 Å². The van der Waals surface area contributed by atoms with Gasteiger partial charge < -0.3 is 20.9 Å². The zero-order valence-corrected chi connectivity index (χ0v) is 21.8. The first-order valence-corrected chi connectivity index (χ1v) is 12.4. The Balaban J connectivity index is 0.00000289. The number of aliphatic imine (C=N–C) groups is 1. The molecule has 3 N–H and O–H groups in total. The highest BCUT2D eigenvalue weighted by Gasteiger charge is 2.32. The molecule has 0 spiro atoms. The highest BCUT2D eigenvalue weighted by Crippen LogP contribution is 2.29. The van der Waals surface area contributed by atoms with Crippen LogP contribution in [0.2, 0.25) is 0 Å². The van der Waals surface area contributed by atoms with Gasteiger partial charge in [-0.25, -0.2) is 0 Å². The van der Waals surface area contributed by atoms with E-state index in [1.165, 1.54) is 6.42 Å². The third kappa shape index (κ3) is 7.20. The molecule has 1 aliphatic heterocycles. The molecule has 9 heteroatoms. The Labute approximate surface area is 209 Å². The van der Waals surface area contributed by atoms with Crippen molar-refractivity contribution < 1.29 is 9.59 Å². The molecule has 0 aromatic heterocycles. The summed E-state index contributed by atoms with van der Waals surface area (Å²) in [6.07, 6.45) is 9.72. The van der Waals surface area contributed by atoms with Crippen LogP contribution in [0.5, 0.6) is 0 Å². The van der Waals surface area contributed by atoms with Gasteiger partial charge in [0.15, 0.2) is 5.96 Å². The van der Waals surface area contributed by atoms with E-state index >= 15 is 0 Å². The van der Waals surface area contributed by atoms with E-state index in [-0.39, 0.29) is 35.8 Å². The molecule has 4 rings (SSSR count). The maximum Gasteiger partial charge on any atom is 0.225 e. The number of halogens is 1. The number of carbonyl (C=O) groups excluding carboxylic acids is 2. The van der Waals surface area contributed by atoms with Gasteiger partial charge in [0, 0.05) is 70.2 Å². The van der Waals surface area contributed by atoms with Gasteiger partial charge in [0.25, 0.3) is 0 Å². The molecule has 4 fully saturated rings. The zero-order chi connectivity index (χ0) is 21.6. The Kier molecular flexibility index (Phi) is 9.88. The number of hydrogen-bond acceptors (Lipinski definition) is 4. The van der Waals surface area contributed by atoms with Gasteiger partial charge in [-0.3, -0.25) is 19.5 Å². The van der Waals surface area contributed by atoms with Gasteiger partial charge in [-0.2, -0.15) is 0 Å². The van der Waals surface area contributed by atoms with Gasteiger partial charge in [-0.15, -0.1) is 24.0 Å². The Morgan fingerprint density at radius 2 is 1.56 bits per heavy atom. The second-order valence-corrected chi connectivity index (χ2v) is 9.78. The van der Waals surface area contributed by atoms with Gasteiger partial charge in [0.2, 0.25) is 11.8 Å². The van der Waals surface area contributed by atoms with Crippen molar-refractivity contribution in [2.24, 2.45) is 16.8 Å². The fourth-order valence-corrected chi connectivity index (χ4v) is 4.93. The molecule has 4 aliphatic rings. The van der Waals surface area contributed by atoms with Crippen molar-refractivity contribution in [3.05, 3.63) is 0 Å². The van der Waals surface area contributed by atoms with E-state index in [2.05, 4.69) is 30.7 Å². The fourth-order valence-electron chi connectivity index (χ4n) is 4.93. The minimum atomic E-state index is 0. The molecule has 1 heterocycles. The van der Waals surface area contributed by atoms with Gasteiger partial charge in [-0.1, -0.05) is 12.8 Å². The van der Waals surface area contributed by atoms with Crippen LogP contribution in [0, 0.1) is 11.8 Å². The van der Waals surface area contributed by atoms with Crippen LogP contribution >= 0.6 is 24.0 Å². The van der Waals surface area contributed by atoms with Crippen molar-refractivity contribution in [2.45, 2.75) is 69.9 Å². The van der Waals surface area contributed by atoms with Crippen molar-refractivity contribution in [1.82, 2.24) is 25.8 Å². The normalized spacial score (nSPS) is 27.2. The highest BCUT2D eigenvalue weighted by molar-refractivity contribution is 14.0. The van der Waals surface area contributed by atoms with E-state index in [1.807, 2.05) is 0 Å². The molecule has 1 saturated heterocycles. The average Bonchev–Trinajstić information content (AvgIpc) is 3.56. The lowest BCUT2D eigenvalue weighted by atomic mass is 9.84. The highest BCUT2D eigenvalue weighted by atomic mass is 127. The first kappa shape index (κ1) is 25.5. The summed E-state index contributed by atoms with van der Waals surface area (Å²) in [6, 6.07) is 0.740. The molecule has 0 radical (unpaired) electrons. The summed E-state index contributed by atoms with van der Waals surface area (Å²) in [6.45, 7) is 5.39. The molecule has 0 aromatic rings. The van der Waals surface area contributed by atoms with Crippen LogP contribution in [0.25, 0.3) is 0 Å². The minimum absolute atomic E-state index is 0. The molecule has 2 atom stereocenters. The number of hydrogen-bond donors (Lipinski definition) is 3. The molecule has 32 heavy (non-hydrogen) atoms. The number of guanidine groups is 1. The molecular formula is C23H41IN6O2. The lowest BCUT2D eigenvalue weighted by Crippen LogP contribution is -2.53. The van der Waals surface area contributed by atoms with Crippen LogP contribution in [0.15, 0.2) is 4.99 Å². The standard InChI is InChI=1S/C23H40N6O2.HI/c1-24-23(27-20-7-3-6-18(16-20)21(30)26-19-8-9-19)25-10-11-28-12-14-29(15-13-28)22(31)17-4-2-5-17;/h17-20H,2-16H2,1H3,(H,26,30)(H2,24,25,27);1H. The van der Waals surface area contributed by atoms with E-state index < -0.39 is 0 Å². The Morgan fingerprint density at radius 1 is 0.875 bits per heavy atom. The first-order valence-electron chi connectivity index (χ1n) is 12.4. The van der Waals surface area contributed by atoms with Crippen molar-refractivity contribution in [1.29, 1.82) is 0 Å². The molecule has 3 aliphatic carbocycles. The van der Waals surface area contributed by atoms with Gasteiger partial charge in [0.1, 0.15) is 0 Å². The Morgan fingerprint density at radius 3 is 2.19 bits per heavy atom. The summed E-state index contributed by atoms with van der Waals surface area (Å²) in [5, 5.41) is 10.1. The molecular weight excluding hydrogens is 519 g/mol. The topological polar surface area (TPSA) is 89.1 Å². The number of nitrogens with one attached hydrogen (secondary N) is 3. The van der Waals surface area contributed by atoms with Gasteiger partial charge in [0.05, 0.1) is 0 Å². The largest absolute Gasteiger partial charge is 0.355 e. The monoisotopic (exact) mass is 560 g/mol. The number of rotatable bonds is 7. The molecule has 2 unspecified atom stereocenters. The smallest absolute Gasteiger partial charge is 0.225 e. The van der Waals surface area contributed by atoms with Crippen LogP contribution in [0.3, 0.4) is 0 Å². The second kappa shape index (κ2) is 12.4. The maximum atomic E-state index is 12.4. The zero-order valence-electron chi connectivity index (χ0n) is 19.5. The number of piperazine rings is 1. The molecule has 3 saturated carbocycles. The summed E-state index contributed by atoms with van der Waals surface area (Å²) in [5.74, 6) is 1.88. The van der Waals surface area contributed by atoms with Crippen LogP contribution in [0.4, 0.5) is 0 Å². The lowest BCUT2D eigenvalue weighted by molar-refractivity contribution is -0.139. The maximum absolute atomic E-state index is 12.4. The quantitative estimate of drug-likeness (QED) is 0.250. The van der Waals surface area contributed by atoms with E-state index in [4.69, 9.17) is 0 Å². The van der Waals surface area contributed by atoms with Crippen molar-refractivity contribution in [3.63, 3.8) is 0 Å². The van der Waals surface area contributed by atoms with E-state index in [0.29, 0.717) is 23.9 Å². The molecule has 182 valence electrons. The van der Waals surface area contributed by atoms with E-state index in [9.17, 15) is 9.59 Å². The summed E-state index contributed by atoms with van der Waals surface area (Å²) in [7, 11) is 1.81. The average molecular weight is 561 g/mol. The fraction of sp³-hybridized carbons (Fsp3) is 0.870. The number of amides is 2. The lowest BCUT2D eigenvalue weighted by Gasteiger charge is -2.38. The van der Waals surface area contributed by atoms with E-state index in [1.54, 1.807) is 7.05 Å². The van der Waals surface area contributed by atoms with Gasteiger partial charge in [-0.05, 0) is 44.9 Å². The van der Waals surface area contributed by atoms with Crippen molar-refractivity contribution in [3.8, 4) is 0 Å². The molecule has 0 bridgehead atoms. The van der Waals surface area contributed by atoms with Crippen molar-refractivity contribution in [2.75, 3.05) is 46.3 Å². The summed E-state index contributed by atoms with van der Waals surface area (Å²) < 4.78 is 0. The van der Waals surface area contributed by atoms with Gasteiger partial charge >= 0.3 is 0 Å². The second-order valence-electron chi connectivity index (χ2n) is 9.78. The Hall–Kier alpha value is -1.10. The number of carbonyl (C=O) groups is 2. The third-order valence-corrected chi connectivity index (χ3v) is 7.39.